The molecule has 1 aliphatic heterocycles. The van der Waals surface area contributed by atoms with E-state index in [9.17, 15) is 18.4 Å². The molecule has 1 saturated heterocycles. The summed E-state index contributed by atoms with van der Waals surface area (Å²) in [6.07, 6.45) is 0. The highest BCUT2D eigenvalue weighted by atomic mass is 19.2. The largest absolute Gasteiger partial charge is 0.297 e. The van der Waals surface area contributed by atoms with Crippen molar-refractivity contribution >= 4 is 0 Å². The third kappa shape index (κ3) is 2.66. The summed E-state index contributed by atoms with van der Waals surface area (Å²) in [5.41, 5.74) is -0.0685. The Morgan fingerprint density at radius 1 is 1.10 bits per heavy atom. The zero-order chi connectivity index (χ0) is 15.1. The van der Waals surface area contributed by atoms with E-state index in [2.05, 4.69) is 11.0 Å². The van der Waals surface area contributed by atoms with E-state index in [1.54, 1.807) is 0 Å². The Kier molecular flexibility index (Phi) is 3.79. The Balaban J connectivity index is 2.37. The zero-order valence-corrected chi connectivity index (χ0v) is 11.8. The maximum Gasteiger partial charge on any atom is 0.161 e. The minimum Gasteiger partial charge on any atom is -0.297 e. The summed E-state index contributed by atoms with van der Waals surface area (Å²) in [7, 11) is 0. The van der Waals surface area contributed by atoms with Crippen LogP contribution in [0.2, 0.25) is 0 Å². The van der Waals surface area contributed by atoms with Crippen LogP contribution in [0.1, 0.15) is 32.3 Å². The molecule has 1 aromatic rings. The summed E-state index contributed by atoms with van der Waals surface area (Å²) in [4.78, 5) is 2.06. The lowest BCUT2D eigenvalue weighted by Crippen LogP contribution is -2.39. The predicted octanol–water partition coefficient (Wildman–Crippen LogP) is 3.44. The number of likely N-dealkylation sites (tertiary alicyclic amines) is 1. The number of halogens is 3. The second kappa shape index (κ2) is 5.10. The monoisotopic (exact) mass is 282 g/mol. The van der Waals surface area contributed by atoms with Gasteiger partial charge in [0.25, 0.3) is 0 Å². The van der Waals surface area contributed by atoms with Crippen molar-refractivity contribution in [3.63, 3.8) is 0 Å². The number of hydrogen-bond donors (Lipinski definition) is 0. The van der Waals surface area contributed by atoms with Crippen molar-refractivity contribution in [3.8, 4) is 6.07 Å². The smallest absolute Gasteiger partial charge is 0.161 e. The molecule has 20 heavy (non-hydrogen) atoms. The van der Waals surface area contributed by atoms with Gasteiger partial charge < -0.3 is 0 Å². The Hall–Kier alpha value is -1.54. The molecule has 0 unspecified atom stereocenters. The first-order valence-electron chi connectivity index (χ1n) is 6.53. The highest BCUT2D eigenvalue weighted by molar-refractivity contribution is 5.28. The van der Waals surface area contributed by atoms with E-state index in [-0.39, 0.29) is 11.1 Å². The molecule has 0 amide bonds. The van der Waals surface area contributed by atoms with Crippen molar-refractivity contribution in [2.75, 3.05) is 13.1 Å². The molecular formula is C15H17F3N2. The SMILES string of the molecule is CC(C)(C)N1C[C@@H](C#N)[C@H](c2cc(F)c(F)cc2F)C1. The maximum atomic E-state index is 13.9. The van der Waals surface area contributed by atoms with Gasteiger partial charge in [-0.05, 0) is 32.4 Å². The van der Waals surface area contributed by atoms with Gasteiger partial charge in [-0.2, -0.15) is 5.26 Å². The van der Waals surface area contributed by atoms with Crippen molar-refractivity contribution < 1.29 is 13.2 Å². The summed E-state index contributed by atoms with van der Waals surface area (Å²) >= 11 is 0. The second-order valence-corrected chi connectivity index (χ2v) is 6.21. The summed E-state index contributed by atoms with van der Waals surface area (Å²) in [5, 5.41) is 9.23. The first-order chi connectivity index (χ1) is 9.24. The van der Waals surface area contributed by atoms with E-state index in [0.29, 0.717) is 19.2 Å². The van der Waals surface area contributed by atoms with Gasteiger partial charge in [-0.3, -0.25) is 4.90 Å². The number of nitrogens with zero attached hydrogens (tertiary/aromatic N) is 2. The van der Waals surface area contributed by atoms with Crippen molar-refractivity contribution in [3.05, 3.63) is 35.1 Å². The molecule has 1 aromatic carbocycles. The molecule has 1 heterocycles. The van der Waals surface area contributed by atoms with Crippen LogP contribution in [0, 0.1) is 34.7 Å². The molecule has 2 nitrogen and oxygen atoms in total. The van der Waals surface area contributed by atoms with Crippen LogP contribution in [0.15, 0.2) is 12.1 Å². The standard InChI is InChI=1S/C15H17F3N2/c1-15(2,3)20-7-9(6-19)11(8-20)10-4-13(17)14(18)5-12(10)16/h4-5,9,11H,7-8H2,1-3H3/t9-,11-/m1/s1. The average Bonchev–Trinajstić information content (AvgIpc) is 2.77. The van der Waals surface area contributed by atoms with Crippen LogP contribution in [-0.4, -0.2) is 23.5 Å². The molecule has 0 aliphatic carbocycles. The number of rotatable bonds is 1. The molecule has 0 aromatic heterocycles. The summed E-state index contributed by atoms with van der Waals surface area (Å²) in [6, 6.07) is 3.59. The van der Waals surface area contributed by atoms with Gasteiger partial charge in [0.2, 0.25) is 0 Å². The van der Waals surface area contributed by atoms with Crippen molar-refractivity contribution in [2.45, 2.75) is 32.2 Å². The van der Waals surface area contributed by atoms with Gasteiger partial charge in [-0.1, -0.05) is 0 Å². The van der Waals surface area contributed by atoms with Crippen LogP contribution < -0.4 is 0 Å². The van der Waals surface area contributed by atoms with E-state index >= 15 is 0 Å². The normalized spacial score (nSPS) is 23.9. The van der Waals surface area contributed by atoms with E-state index in [1.165, 1.54) is 0 Å². The molecule has 2 atom stereocenters. The fourth-order valence-electron chi connectivity index (χ4n) is 2.62. The molecule has 0 spiro atoms. The third-order valence-electron chi connectivity index (χ3n) is 3.87. The van der Waals surface area contributed by atoms with Crippen LogP contribution in [0.4, 0.5) is 13.2 Å². The first-order valence-corrected chi connectivity index (χ1v) is 6.53. The van der Waals surface area contributed by atoms with Crippen molar-refractivity contribution in [1.29, 1.82) is 5.26 Å². The topological polar surface area (TPSA) is 27.0 Å². The van der Waals surface area contributed by atoms with Gasteiger partial charge in [0.05, 0.1) is 12.0 Å². The van der Waals surface area contributed by atoms with Crippen molar-refractivity contribution in [2.24, 2.45) is 5.92 Å². The molecule has 1 fully saturated rings. The van der Waals surface area contributed by atoms with Gasteiger partial charge in [0.15, 0.2) is 11.6 Å². The van der Waals surface area contributed by atoms with Crippen LogP contribution in [0.3, 0.4) is 0 Å². The lowest BCUT2D eigenvalue weighted by Gasteiger charge is -2.31. The molecular weight excluding hydrogens is 265 g/mol. The van der Waals surface area contributed by atoms with Gasteiger partial charge in [-0.15, -0.1) is 0 Å². The Morgan fingerprint density at radius 2 is 1.70 bits per heavy atom. The number of nitriles is 1. The second-order valence-electron chi connectivity index (χ2n) is 6.21. The third-order valence-corrected chi connectivity index (χ3v) is 3.87. The molecule has 108 valence electrons. The van der Waals surface area contributed by atoms with E-state index in [0.717, 1.165) is 6.07 Å². The lowest BCUT2D eigenvalue weighted by atomic mass is 9.89. The molecule has 1 aliphatic rings. The van der Waals surface area contributed by atoms with E-state index in [1.807, 2.05) is 20.8 Å². The van der Waals surface area contributed by atoms with Gasteiger partial charge in [-0.25, -0.2) is 13.2 Å². The Bertz CT molecular complexity index is 557. The van der Waals surface area contributed by atoms with Gasteiger partial charge in [0, 0.05) is 30.6 Å². The van der Waals surface area contributed by atoms with E-state index < -0.39 is 29.3 Å². The van der Waals surface area contributed by atoms with Gasteiger partial charge in [0.1, 0.15) is 5.82 Å². The quantitative estimate of drug-likeness (QED) is 0.738. The van der Waals surface area contributed by atoms with Crippen LogP contribution >= 0.6 is 0 Å². The predicted molar refractivity (Wildman–Crippen MR) is 69.5 cm³/mol. The molecule has 2 rings (SSSR count). The summed E-state index contributed by atoms with van der Waals surface area (Å²) in [5.74, 6) is -3.93. The summed E-state index contributed by atoms with van der Waals surface area (Å²) in [6.45, 7) is 6.98. The number of benzene rings is 1. The minimum absolute atomic E-state index is 0.0854. The fraction of sp³-hybridized carbons (Fsp3) is 0.533. The highest BCUT2D eigenvalue weighted by Gasteiger charge is 2.39. The zero-order valence-electron chi connectivity index (χ0n) is 11.8. The fourth-order valence-corrected chi connectivity index (χ4v) is 2.62. The Morgan fingerprint density at radius 3 is 2.25 bits per heavy atom. The first kappa shape index (κ1) is 14.9. The number of hydrogen-bond acceptors (Lipinski definition) is 2. The molecule has 0 N–H and O–H groups in total. The van der Waals surface area contributed by atoms with Crippen molar-refractivity contribution in [1.82, 2.24) is 4.90 Å². The minimum atomic E-state index is -1.20. The molecule has 0 saturated carbocycles. The van der Waals surface area contributed by atoms with Crippen LogP contribution in [0.25, 0.3) is 0 Å². The van der Waals surface area contributed by atoms with Crippen LogP contribution in [0.5, 0.6) is 0 Å². The molecule has 5 heteroatoms. The van der Waals surface area contributed by atoms with E-state index in [4.69, 9.17) is 0 Å². The maximum absolute atomic E-state index is 13.9. The average molecular weight is 282 g/mol. The highest BCUT2D eigenvalue weighted by Crippen LogP contribution is 2.37. The summed E-state index contributed by atoms with van der Waals surface area (Å²) < 4.78 is 40.2. The lowest BCUT2D eigenvalue weighted by molar-refractivity contribution is 0.170. The molecule has 0 bridgehead atoms. The Labute approximate surface area is 116 Å². The van der Waals surface area contributed by atoms with Gasteiger partial charge >= 0.3 is 0 Å². The van der Waals surface area contributed by atoms with Crippen LogP contribution in [-0.2, 0) is 0 Å². The molecule has 0 radical (unpaired) electrons.